The van der Waals surface area contributed by atoms with Crippen molar-refractivity contribution in [3.05, 3.63) is 63.9 Å². The van der Waals surface area contributed by atoms with Gasteiger partial charge in [-0.25, -0.2) is 4.98 Å². The van der Waals surface area contributed by atoms with E-state index >= 15 is 0 Å². The molecular weight excluding hydrogens is 304 g/mol. The highest BCUT2D eigenvalue weighted by Gasteiger charge is 2.16. The van der Waals surface area contributed by atoms with Crippen molar-refractivity contribution in [2.75, 3.05) is 7.05 Å². The lowest BCUT2D eigenvalue weighted by Crippen LogP contribution is -2.27. The van der Waals surface area contributed by atoms with Gasteiger partial charge < -0.3 is 4.90 Å². The molecule has 19 heavy (non-hydrogen) atoms. The first-order valence-electron chi connectivity index (χ1n) is 6.00. The minimum Gasteiger partial charge on any atom is -0.336 e. The average Bonchev–Trinajstić information content (AvgIpc) is 2.41. The fraction of sp³-hybridized carbons (Fsp3) is 0.200. The molecule has 0 unspecified atom stereocenters. The summed E-state index contributed by atoms with van der Waals surface area (Å²) < 4.78 is 0.719. The second-order valence-corrected chi connectivity index (χ2v) is 5.28. The number of nitrogens with zero attached hydrogens (tertiary/aromatic N) is 2. The van der Waals surface area contributed by atoms with Crippen LogP contribution >= 0.6 is 15.9 Å². The summed E-state index contributed by atoms with van der Waals surface area (Å²) in [7, 11) is 1.79. The number of aromatic nitrogens is 1. The maximum Gasteiger partial charge on any atom is 0.273 e. The van der Waals surface area contributed by atoms with Gasteiger partial charge in [-0.3, -0.25) is 4.79 Å². The molecule has 2 aromatic rings. The van der Waals surface area contributed by atoms with E-state index in [1.807, 2.05) is 37.3 Å². The van der Waals surface area contributed by atoms with Crippen LogP contribution in [0.15, 0.2) is 47.1 Å². The van der Waals surface area contributed by atoms with E-state index < -0.39 is 0 Å². The first-order valence-corrected chi connectivity index (χ1v) is 6.79. The van der Waals surface area contributed by atoms with Gasteiger partial charge in [-0.2, -0.15) is 0 Å². The number of benzene rings is 1. The summed E-state index contributed by atoms with van der Waals surface area (Å²) in [5.41, 5.74) is 2.77. The zero-order valence-corrected chi connectivity index (χ0v) is 12.5. The van der Waals surface area contributed by atoms with E-state index in [0.717, 1.165) is 10.0 Å². The van der Waals surface area contributed by atoms with E-state index in [4.69, 9.17) is 0 Å². The largest absolute Gasteiger partial charge is 0.336 e. The molecule has 2 rings (SSSR count). The highest BCUT2D eigenvalue weighted by Crippen LogP contribution is 2.17. The Morgan fingerprint density at radius 2 is 2.00 bits per heavy atom. The first-order chi connectivity index (χ1) is 9.09. The van der Waals surface area contributed by atoms with E-state index in [-0.39, 0.29) is 5.91 Å². The van der Waals surface area contributed by atoms with Crippen LogP contribution in [0, 0.1) is 6.92 Å². The number of hydrogen-bond acceptors (Lipinski definition) is 2. The summed E-state index contributed by atoms with van der Waals surface area (Å²) in [6, 6.07) is 11.7. The number of carbonyl (C=O) groups excluding carboxylic acids is 1. The Labute approximate surface area is 121 Å². The molecule has 0 spiro atoms. The van der Waals surface area contributed by atoms with Crippen molar-refractivity contribution in [3.63, 3.8) is 0 Å². The van der Waals surface area contributed by atoms with Crippen LogP contribution in [0.3, 0.4) is 0 Å². The van der Waals surface area contributed by atoms with Crippen LogP contribution in [0.25, 0.3) is 0 Å². The van der Waals surface area contributed by atoms with Gasteiger partial charge in [0.25, 0.3) is 5.91 Å². The SMILES string of the molecule is Cc1ccccc1CN(C)C(=O)c1ncccc1Br. The van der Waals surface area contributed by atoms with Gasteiger partial charge in [-0.05, 0) is 46.1 Å². The third-order valence-electron chi connectivity index (χ3n) is 2.98. The zero-order valence-electron chi connectivity index (χ0n) is 10.9. The Balaban J connectivity index is 2.17. The lowest BCUT2D eigenvalue weighted by molar-refractivity contribution is 0.0778. The van der Waals surface area contributed by atoms with Gasteiger partial charge in [-0.1, -0.05) is 24.3 Å². The molecule has 0 saturated carbocycles. The molecule has 0 bridgehead atoms. The minimum absolute atomic E-state index is 0.0873. The van der Waals surface area contributed by atoms with E-state index in [1.165, 1.54) is 5.56 Å². The van der Waals surface area contributed by atoms with Crippen molar-refractivity contribution < 1.29 is 4.79 Å². The number of amides is 1. The predicted molar refractivity (Wildman–Crippen MR) is 78.9 cm³/mol. The Hall–Kier alpha value is -1.68. The molecule has 0 aliphatic heterocycles. The number of pyridine rings is 1. The molecule has 0 aliphatic rings. The molecule has 1 aromatic carbocycles. The number of carbonyl (C=O) groups is 1. The van der Waals surface area contributed by atoms with Crippen LogP contribution in [0.5, 0.6) is 0 Å². The van der Waals surface area contributed by atoms with Gasteiger partial charge in [0.05, 0.1) is 0 Å². The molecule has 0 fully saturated rings. The van der Waals surface area contributed by atoms with Crippen LogP contribution in [-0.4, -0.2) is 22.8 Å². The monoisotopic (exact) mass is 318 g/mol. The van der Waals surface area contributed by atoms with Crippen molar-refractivity contribution in [1.29, 1.82) is 0 Å². The average molecular weight is 319 g/mol. The maximum atomic E-state index is 12.3. The number of hydrogen-bond donors (Lipinski definition) is 0. The van der Waals surface area contributed by atoms with Crippen LogP contribution in [0.4, 0.5) is 0 Å². The van der Waals surface area contributed by atoms with Gasteiger partial charge in [0.15, 0.2) is 0 Å². The lowest BCUT2D eigenvalue weighted by Gasteiger charge is -2.18. The first kappa shape index (κ1) is 13.7. The Morgan fingerprint density at radius 1 is 1.26 bits per heavy atom. The summed E-state index contributed by atoms with van der Waals surface area (Å²) in [5.74, 6) is -0.0873. The van der Waals surface area contributed by atoms with Crippen LogP contribution in [-0.2, 0) is 6.54 Å². The third kappa shape index (κ3) is 3.20. The summed E-state index contributed by atoms with van der Waals surface area (Å²) in [4.78, 5) is 18.1. The molecule has 0 atom stereocenters. The standard InChI is InChI=1S/C15H15BrN2O/c1-11-6-3-4-7-12(11)10-18(2)15(19)14-13(16)8-5-9-17-14/h3-9H,10H2,1-2H3. The smallest absolute Gasteiger partial charge is 0.273 e. The molecule has 0 saturated heterocycles. The summed E-state index contributed by atoms with van der Waals surface area (Å²) >= 11 is 3.36. The van der Waals surface area contributed by atoms with E-state index in [1.54, 1.807) is 24.2 Å². The molecule has 1 aromatic heterocycles. The van der Waals surface area contributed by atoms with E-state index in [9.17, 15) is 4.79 Å². The van der Waals surface area contributed by atoms with Gasteiger partial charge in [0.2, 0.25) is 0 Å². The van der Waals surface area contributed by atoms with Crippen LogP contribution in [0.2, 0.25) is 0 Å². The normalized spacial score (nSPS) is 10.3. The third-order valence-corrected chi connectivity index (χ3v) is 3.62. The fourth-order valence-electron chi connectivity index (χ4n) is 1.84. The number of halogens is 1. The van der Waals surface area contributed by atoms with Gasteiger partial charge in [0, 0.05) is 24.3 Å². The quantitative estimate of drug-likeness (QED) is 0.868. The van der Waals surface area contributed by atoms with Crippen molar-refractivity contribution >= 4 is 21.8 Å². The minimum atomic E-state index is -0.0873. The summed E-state index contributed by atoms with van der Waals surface area (Å²) in [5, 5.41) is 0. The Morgan fingerprint density at radius 3 is 2.68 bits per heavy atom. The molecule has 0 radical (unpaired) electrons. The number of rotatable bonds is 3. The second-order valence-electron chi connectivity index (χ2n) is 4.42. The summed E-state index contributed by atoms with van der Waals surface area (Å²) in [6.07, 6.45) is 1.62. The Kier molecular flexibility index (Phi) is 4.32. The van der Waals surface area contributed by atoms with Crippen LogP contribution in [0.1, 0.15) is 21.6 Å². The molecule has 0 N–H and O–H groups in total. The van der Waals surface area contributed by atoms with E-state index in [0.29, 0.717) is 12.2 Å². The molecular formula is C15H15BrN2O. The Bertz CT molecular complexity index is 598. The van der Waals surface area contributed by atoms with Gasteiger partial charge >= 0.3 is 0 Å². The van der Waals surface area contributed by atoms with Crippen molar-refractivity contribution in [3.8, 4) is 0 Å². The maximum absolute atomic E-state index is 12.3. The second kappa shape index (κ2) is 5.97. The van der Waals surface area contributed by atoms with Crippen LogP contribution < -0.4 is 0 Å². The fourth-order valence-corrected chi connectivity index (χ4v) is 2.26. The lowest BCUT2D eigenvalue weighted by atomic mass is 10.1. The van der Waals surface area contributed by atoms with Crippen molar-refractivity contribution in [1.82, 2.24) is 9.88 Å². The molecule has 3 nitrogen and oxygen atoms in total. The van der Waals surface area contributed by atoms with Crippen molar-refractivity contribution in [2.45, 2.75) is 13.5 Å². The number of aryl methyl sites for hydroxylation is 1. The zero-order chi connectivity index (χ0) is 13.8. The molecule has 1 heterocycles. The predicted octanol–water partition coefficient (Wildman–Crippen LogP) is 3.42. The van der Waals surface area contributed by atoms with Crippen molar-refractivity contribution in [2.24, 2.45) is 0 Å². The van der Waals surface area contributed by atoms with Gasteiger partial charge in [-0.15, -0.1) is 0 Å². The molecule has 4 heteroatoms. The molecule has 98 valence electrons. The highest BCUT2D eigenvalue weighted by molar-refractivity contribution is 9.10. The molecule has 1 amide bonds. The highest BCUT2D eigenvalue weighted by atomic mass is 79.9. The summed E-state index contributed by atoms with van der Waals surface area (Å²) in [6.45, 7) is 2.62. The van der Waals surface area contributed by atoms with Gasteiger partial charge in [0.1, 0.15) is 5.69 Å². The topological polar surface area (TPSA) is 33.2 Å². The van der Waals surface area contributed by atoms with E-state index in [2.05, 4.69) is 20.9 Å². The molecule has 0 aliphatic carbocycles.